The topological polar surface area (TPSA) is 79.4 Å². The maximum Gasteiger partial charge on any atom is 0.270 e. The quantitative estimate of drug-likeness (QED) is 0.783. The van der Waals surface area contributed by atoms with Gasteiger partial charge in [-0.2, -0.15) is 0 Å². The molecular weight excluding hydrogens is 330 g/mol. The standard InChI is InChI=1S/C19H25N5O2/c1-15-4-2-3-5-16(15)14-22-19-21-7-6-17(23-19)18(25)20-8-9-24-10-12-26-13-11-24/h2-7H,8-14H2,1H3,(H,20,25)(H,21,22,23). The number of amides is 1. The van der Waals surface area contributed by atoms with Crippen molar-refractivity contribution >= 4 is 11.9 Å². The van der Waals surface area contributed by atoms with E-state index in [4.69, 9.17) is 4.74 Å². The second-order valence-corrected chi connectivity index (χ2v) is 6.26. The Kier molecular flexibility index (Phi) is 6.51. The molecule has 1 fully saturated rings. The van der Waals surface area contributed by atoms with E-state index in [1.165, 1.54) is 11.1 Å². The molecule has 2 heterocycles. The molecule has 0 unspecified atom stereocenters. The van der Waals surface area contributed by atoms with Crippen molar-refractivity contribution in [1.29, 1.82) is 0 Å². The van der Waals surface area contributed by atoms with Gasteiger partial charge in [0.25, 0.3) is 5.91 Å². The molecule has 0 spiro atoms. The Balaban J connectivity index is 1.49. The molecule has 1 aromatic carbocycles. The van der Waals surface area contributed by atoms with Crippen LogP contribution in [0.25, 0.3) is 0 Å². The van der Waals surface area contributed by atoms with Gasteiger partial charge in [-0.05, 0) is 24.1 Å². The fraction of sp³-hybridized carbons (Fsp3) is 0.421. The van der Waals surface area contributed by atoms with Gasteiger partial charge in [0.05, 0.1) is 13.2 Å². The summed E-state index contributed by atoms with van der Waals surface area (Å²) in [5.41, 5.74) is 2.75. The van der Waals surface area contributed by atoms with E-state index in [1.807, 2.05) is 12.1 Å². The normalized spacial score (nSPS) is 14.8. The number of ether oxygens (including phenoxy) is 1. The van der Waals surface area contributed by atoms with Gasteiger partial charge in [0.2, 0.25) is 5.95 Å². The van der Waals surface area contributed by atoms with Gasteiger partial charge in [0.1, 0.15) is 5.69 Å². The average molecular weight is 355 g/mol. The Morgan fingerprint density at radius 3 is 2.85 bits per heavy atom. The van der Waals surface area contributed by atoms with Crippen molar-refractivity contribution in [2.24, 2.45) is 0 Å². The largest absolute Gasteiger partial charge is 0.379 e. The van der Waals surface area contributed by atoms with E-state index in [9.17, 15) is 4.79 Å². The summed E-state index contributed by atoms with van der Waals surface area (Å²) in [6, 6.07) is 9.77. The molecule has 0 saturated carbocycles. The van der Waals surface area contributed by atoms with Crippen LogP contribution in [0.4, 0.5) is 5.95 Å². The maximum absolute atomic E-state index is 12.3. The van der Waals surface area contributed by atoms with Crippen LogP contribution in [-0.4, -0.2) is 60.2 Å². The molecule has 7 heteroatoms. The number of rotatable bonds is 7. The average Bonchev–Trinajstić information content (AvgIpc) is 2.68. The van der Waals surface area contributed by atoms with Gasteiger partial charge >= 0.3 is 0 Å². The van der Waals surface area contributed by atoms with Crippen molar-refractivity contribution in [3.8, 4) is 0 Å². The minimum atomic E-state index is -0.181. The summed E-state index contributed by atoms with van der Waals surface area (Å²) in [7, 11) is 0. The van der Waals surface area contributed by atoms with Crippen molar-refractivity contribution in [1.82, 2.24) is 20.2 Å². The predicted octanol–water partition coefficient (Wildman–Crippen LogP) is 1.46. The van der Waals surface area contributed by atoms with E-state index in [0.29, 0.717) is 24.7 Å². The Hall–Kier alpha value is -2.51. The first kappa shape index (κ1) is 18.3. The Bertz CT molecular complexity index is 731. The second kappa shape index (κ2) is 9.26. The maximum atomic E-state index is 12.3. The molecule has 7 nitrogen and oxygen atoms in total. The van der Waals surface area contributed by atoms with Crippen LogP contribution in [0.3, 0.4) is 0 Å². The highest BCUT2D eigenvalue weighted by Crippen LogP contribution is 2.09. The van der Waals surface area contributed by atoms with E-state index in [1.54, 1.807) is 12.3 Å². The number of aromatic nitrogens is 2. The number of carbonyl (C=O) groups excluding carboxylic acids is 1. The summed E-state index contributed by atoms with van der Waals surface area (Å²) in [6.45, 7) is 7.44. The summed E-state index contributed by atoms with van der Waals surface area (Å²) in [5, 5.41) is 6.10. The molecule has 1 aliphatic rings. The van der Waals surface area contributed by atoms with Crippen LogP contribution >= 0.6 is 0 Å². The van der Waals surface area contributed by atoms with E-state index in [2.05, 4.69) is 44.6 Å². The fourth-order valence-corrected chi connectivity index (χ4v) is 2.80. The Morgan fingerprint density at radius 2 is 2.04 bits per heavy atom. The lowest BCUT2D eigenvalue weighted by Gasteiger charge is -2.26. The molecule has 138 valence electrons. The third kappa shape index (κ3) is 5.24. The van der Waals surface area contributed by atoms with Gasteiger partial charge in [0.15, 0.2) is 0 Å². The Morgan fingerprint density at radius 1 is 1.23 bits per heavy atom. The summed E-state index contributed by atoms with van der Waals surface area (Å²) in [6.07, 6.45) is 1.60. The minimum absolute atomic E-state index is 0.181. The van der Waals surface area contributed by atoms with Crippen molar-refractivity contribution < 1.29 is 9.53 Å². The smallest absolute Gasteiger partial charge is 0.270 e. The third-order valence-electron chi connectivity index (χ3n) is 4.40. The van der Waals surface area contributed by atoms with Crippen LogP contribution in [-0.2, 0) is 11.3 Å². The highest BCUT2D eigenvalue weighted by Gasteiger charge is 2.12. The second-order valence-electron chi connectivity index (χ2n) is 6.26. The first-order valence-corrected chi connectivity index (χ1v) is 8.92. The molecule has 0 bridgehead atoms. The van der Waals surface area contributed by atoms with E-state index >= 15 is 0 Å². The lowest BCUT2D eigenvalue weighted by atomic mass is 10.1. The van der Waals surface area contributed by atoms with Crippen LogP contribution < -0.4 is 10.6 Å². The highest BCUT2D eigenvalue weighted by molar-refractivity contribution is 5.92. The number of anilines is 1. The molecule has 1 saturated heterocycles. The van der Waals surface area contributed by atoms with Crippen molar-refractivity contribution in [3.63, 3.8) is 0 Å². The fourth-order valence-electron chi connectivity index (χ4n) is 2.80. The SMILES string of the molecule is Cc1ccccc1CNc1nccc(C(=O)NCCN2CCOCC2)n1. The summed E-state index contributed by atoms with van der Waals surface area (Å²) < 4.78 is 5.32. The zero-order valence-electron chi connectivity index (χ0n) is 15.1. The number of hydrogen-bond acceptors (Lipinski definition) is 6. The first-order chi connectivity index (χ1) is 12.7. The molecule has 1 amide bonds. The summed E-state index contributed by atoms with van der Waals surface area (Å²) in [4.78, 5) is 23.1. The van der Waals surface area contributed by atoms with Gasteiger partial charge in [-0.25, -0.2) is 9.97 Å². The molecule has 2 aromatic rings. The zero-order chi connectivity index (χ0) is 18.2. The molecule has 1 aliphatic heterocycles. The highest BCUT2D eigenvalue weighted by atomic mass is 16.5. The molecule has 0 aliphatic carbocycles. The number of hydrogen-bond donors (Lipinski definition) is 2. The lowest BCUT2D eigenvalue weighted by Crippen LogP contribution is -2.41. The third-order valence-corrected chi connectivity index (χ3v) is 4.40. The van der Waals surface area contributed by atoms with Gasteiger partial charge in [-0.15, -0.1) is 0 Å². The molecule has 3 rings (SSSR count). The monoisotopic (exact) mass is 355 g/mol. The molecule has 0 atom stereocenters. The van der Waals surface area contributed by atoms with Crippen LogP contribution in [0, 0.1) is 6.92 Å². The van der Waals surface area contributed by atoms with Crippen LogP contribution in [0.5, 0.6) is 0 Å². The van der Waals surface area contributed by atoms with E-state index in [-0.39, 0.29) is 5.91 Å². The molecule has 26 heavy (non-hydrogen) atoms. The van der Waals surface area contributed by atoms with Gasteiger partial charge in [-0.1, -0.05) is 24.3 Å². The first-order valence-electron chi connectivity index (χ1n) is 8.92. The van der Waals surface area contributed by atoms with Crippen LogP contribution in [0.2, 0.25) is 0 Å². The minimum Gasteiger partial charge on any atom is -0.379 e. The molecule has 1 aromatic heterocycles. The molecule has 2 N–H and O–H groups in total. The number of carbonyl (C=O) groups is 1. The number of nitrogens with zero attached hydrogens (tertiary/aromatic N) is 3. The van der Waals surface area contributed by atoms with Crippen LogP contribution in [0.1, 0.15) is 21.6 Å². The predicted molar refractivity (Wildman–Crippen MR) is 100 cm³/mol. The number of benzene rings is 1. The summed E-state index contributed by atoms with van der Waals surface area (Å²) >= 11 is 0. The number of morpholine rings is 1. The van der Waals surface area contributed by atoms with Gasteiger partial charge in [0, 0.05) is 38.9 Å². The molecular formula is C19H25N5O2. The number of nitrogens with one attached hydrogen (secondary N) is 2. The van der Waals surface area contributed by atoms with Crippen molar-refractivity contribution in [3.05, 3.63) is 53.3 Å². The number of aryl methyl sites for hydroxylation is 1. The van der Waals surface area contributed by atoms with Crippen molar-refractivity contribution in [2.45, 2.75) is 13.5 Å². The van der Waals surface area contributed by atoms with Crippen LogP contribution in [0.15, 0.2) is 36.5 Å². The lowest BCUT2D eigenvalue weighted by molar-refractivity contribution is 0.0383. The summed E-state index contributed by atoms with van der Waals surface area (Å²) in [5.74, 6) is 0.272. The molecule has 0 radical (unpaired) electrons. The Labute approximate surface area is 153 Å². The van der Waals surface area contributed by atoms with Crippen molar-refractivity contribution in [2.75, 3.05) is 44.7 Å². The van der Waals surface area contributed by atoms with Gasteiger partial charge < -0.3 is 15.4 Å². The van der Waals surface area contributed by atoms with Gasteiger partial charge in [-0.3, -0.25) is 9.69 Å². The van der Waals surface area contributed by atoms with E-state index in [0.717, 1.165) is 32.8 Å². The van der Waals surface area contributed by atoms with E-state index < -0.39 is 0 Å². The zero-order valence-corrected chi connectivity index (χ0v) is 15.1.